The normalized spacial score (nSPS) is 20.8. The molecule has 1 saturated heterocycles. The molecule has 0 saturated carbocycles. The predicted octanol–water partition coefficient (Wildman–Crippen LogP) is 5.51. The highest BCUT2D eigenvalue weighted by molar-refractivity contribution is 7.89. The summed E-state index contributed by atoms with van der Waals surface area (Å²) in [4.78, 5) is 0.385. The molecule has 0 spiro atoms. The first kappa shape index (κ1) is 22.6. The molecule has 30 heavy (non-hydrogen) atoms. The van der Waals surface area contributed by atoms with Gasteiger partial charge in [-0.15, -0.1) is 0 Å². The number of aryl methyl sites for hydroxylation is 2. The van der Waals surface area contributed by atoms with E-state index in [1.54, 1.807) is 23.5 Å². The average Bonchev–Trinajstić information content (AvgIpc) is 3.28. The Bertz CT molecular complexity index is 990. The average molecular weight is 428 g/mol. The molecule has 0 N–H and O–H groups in total. The third-order valence-electron chi connectivity index (χ3n) is 6.07. The van der Waals surface area contributed by atoms with Crippen LogP contribution >= 0.6 is 0 Å². The second kappa shape index (κ2) is 8.94. The number of ether oxygens (including phenoxy) is 1. The molecule has 1 fully saturated rings. The van der Waals surface area contributed by atoms with Gasteiger partial charge in [-0.2, -0.15) is 4.31 Å². The Kier molecular flexibility index (Phi) is 6.73. The van der Waals surface area contributed by atoms with Crippen molar-refractivity contribution >= 4 is 10.0 Å². The Morgan fingerprint density at radius 3 is 2.33 bits per heavy atom. The molecule has 0 amide bonds. The van der Waals surface area contributed by atoms with Crippen molar-refractivity contribution in [2.75, 3.05) is 7.11 Å². The minimum absolute atomic E-state index is 0.0498. The number of allylic oxidation sites excluding steroid dienone is 2. The SMILES string of the molecule is COc1ccc(CC/C=C(\C)CCC2N(S(=O)(=O)c3ccc(C)cc3)C2(C)C)cc1. The highest BCUT2D eigenvalue weighted by Crippen LogP contribution is 2.48. The third-order valence-corrected chi connectivity index (χ3v) is 8.18. The summed E-state index contributed by atoms with van der Waals surface area (Å²) < 4.78 is 33.0. The molecule has 162 valence electrons. The lowest BCUT2D eigenvalue weighted by atomic mass is 10.0. The van der Waals surface area contributed by atoms with Gasteiger partial charge in [0.2, 0.25) is 10.0 Å². The summed E-state index contributed by atoms with van der Waals surface area (Å²) in [7, 11) is -1.77. The summed E-state index contributed by atoms with van der Waals surface area (Å²) in [6.45, 7) is 8.14. The van der Waals surface area contributed by atoms with Crippen molar-refractivity contribution in [3.05, 3.63) is 71.3 Å². The van der Waals surface area contributed by atoms with Crippen molar-refractivity contribution < 1.29 is 13.2 Å². The maximum absolute atomic E-state index is 13.1. The highest BCUT2D eigenvalue weighted by Gasteiger charge is 2.61. The first-order valence-electron chi connectivity index (χ1n) is 10.6. The molecule has 2 atom stereocenters. The fourth-order valence-electron chi connectivity index (χ4n) is 4.05. The molecule has 2 unspecified atom stereocenters. The minimum atomic E-state index is -3.44. The molecule has 5 heteroatoms. The monoisotopic (exact) mass is 427 g/mol. The molecule has 2 aromatic rings. The van der Waals surface area contributed by atoms with Crippen LogP contribution in [0.15, 0.2) is 65.1 Å². The van der Waals surface area contributed by atoms with Crippen LogP contribution in [0.3, 0.4) is 0 Å². The van der Waals surface area contributed by atoms with E-state index in [9.17, 15) is 8.42 Å². The number of benzene rings is 2. The standard InChI is InChI=1S/C25H33NO3S/c1-19(7-6-8-21-12-14-22(29-5)15-13-21)11-18-24-25(3,4)26(24)30(27,28)23-16-9-20(2)10-17-23/h7,9-10,12-17,24H,6,8,11,18H2,1-5H3/b19-7+. The van der Waals surface area contributed by atoms with Gasteiger partial charge in [-0.25, -0.2) is 8.42 Å². The summed E-state index contributed by atoms with van der Waals surface area (Å²) in [5.41, 5.74) is 3.34. The van der Waals surface area contributed by atoms with Gasteiger partial charge in [0.1, 0.15) is 5.75 Å². The molecule has 0 aromatic heterocycles. The molecular formula is C25H33NO3S. The third kappa shape index (κ3) is 4.96. The molecule has 0 radical (unpaired) electrons. The molecule has 0 bridgehead atoms. The number of rotatable bonds is 9. The number of hydrogen-bond acceptors (Lipinski definition) is 3. The largest absolute Gasteiger partial charge is 0.497 e. The van der Waals surface area contributed by atoms with Crippen LogP contribution in [0, 0.1) is 6.92 Å². The van der Waals surface area contributed by atoms with Gasteiger partial charge in [-0.1, -0.05) is 41.5 Å². The van der Waals surface area contributed by atoms with Crippen LogP contribution in [0.4, 0.5) is 0 Å². The van der Waals surface area contributed by atoms with Gasteiger partial charge in [-0.3, -0.25) is 0 Å². The minimum Gasteiger partial charge on any atom is -0.497 e. The van der Waals surface area contributed by atoms with Crippen molar-refractivity contribution in [3.63, 3.8) is 0 Å². The van der Waals surface area contributed by atoms with Crippen molar-refractivity contribution in [2.45, 2.75) is 69.9 Å². The van der Waals surface area contributed by atoms with Gasteiger partial charge in [0.15, 0.2) is 0 Å². The fraction of sp³-hybridized carbons (Fsp3) is 0.440. The Morgan fingerprint density at radius 1 is 1.10 bits per heavy atom. The number of hydrogen-bond donors (Lipinski definition) is 0. The van der Waals surface area contributed by atoms with Gasteiger partial charge in [0.25, 0.3) is 0 Å². The van der Waals surface area contributed by atoms with Crippen LogP contribution in [0.1, 0.15) is 51.2 Å². The van der Waals surface area contributed by atoms with Crippen LogP contribution in [0.2, 0.25) is 0 Å². The molecule has 1 aliphatic heterocycles. The zero-order chi connectivity index (χ0) is 21.9. The van der Waals surface area contributed by atoms with E-state index in [0.717, 1.165) is 37.0 Å². The lowest BCUT2D eigenvalue weighted by Gasteiger charge is -2.09. The smallest absolute Gasteiger partial charge is 0.243 e. The fourth-order valence-corrected chi connectivity index (χ4v) is 6.15. The van der Waals surface area contributed by atoms with E-state index in [0.29, 0.717) is 4.90 Å². The summed E-state index contributed by atoms with van der Waals surface area (Å²) in [6.07, 6.45) is 6.01. The van der Waals surface area contributed by atoms with Gasteiger partial charge in [0.05, 0.1) is 12.0 Å². The maximum atomic E-state index is 13.1. The highest BCUT2D eigenvalue weighted by atomic mass is 32.2. The molecule has 2 aromatic carbocycles. The van der Waals surface area contributed by atoms with E-state index in [4.69, 9.17) is 4.74 Å². The summed E-state index contributed by atoms with van der Waals surface area (Å²) in [5, 5.41) is 0. The Labute approximate surface area is 181 Å². The van der Waals surface area contributed by atoms with E-state index >= 15 is 0 Å². The van der Waals surface area contributed by atoms with Gasteiger partial charge >= 0.3 is 0 Å². The maximum Gasteiger partial charge on any atom is 0.243 e. The van der Waals surface area contributed by atoms with Crippen molar-refractivity contribution in [3.8, 4) is 5.75 Å². The Hall–Kier alpha value is -2.11. The second-order valence-electron chi connectivity index (χ2n) is 8.76. The number of nitrogens with zero attached hydrogens (tertiary/aromatic N) is 1. The first-order valence-corrected chi connectivity index (χ1v) is 12.0. The molecule has 0 aliphatic carbocycles. The Balaban J connectivity index is 1.54. The lowest BCUT2D eigenvalue weighted by Crippen LogP contribution is -2.18. The van der Waals surface area contributed by atoms with Crippen LogP contribution in [0.5, 0.6) is 5.75 Å². The first-order chi connectivity index (χ1) is 14.2. The summed E-state index contributed by atoms with van der Waals surface area (Å²) in [5.74, 6) is 0.877. The van der Waals surface area contributed by atoms with Gasteiger partial charge < -0.3 is 4.74 Å². The number of methoxy groups -OCH3 is 1. The zero-order valence-corrected chi connectivity index (χ0v) is 19.5. The molecule has 3 rings (SSSR count). The molecule has 1 aliphatic rings. The van der Waals surface area contributed by atoms with Crippen molar-refractivity contribution in [1.29, 1.82) is 0 Å². The molecular weight excluding hydrogens is 394 g/mol. The quantitative estimate of drug-likeness (QED) is 0.391. The van der Waals surface area contributed by atoms with E-state index in [2.05, 4.69) is 25.1 Å². The van der Waals surface area contributed by atoms with Crippen molar-refractivity contribution in [1.82, 2.24) is 4.31 Å². The second-order valence-corrected chi connectivity index (χ2v) is 10.6. The predicted molar refractivity (Wildman–Crippen MR) is 122 cm³/mol. The van der Waals surface area contributed by atoms with Crippen molar-refractivity contribution in [2.24, 2.45) is 0 Å². The molecule has 1 heterocycles. The van der Waals surface area contributed by atoms with Crippen LogP contribution in [-0.2, 0) is 16.4 Å². The number of sulfonamides is 1. The topological polar surface area (TPSA) is 46.4 Å². The van der Waals surface area contributed by atoms with Crippen LogP contribution < -0.4 is 4.74 Å². The van der Waals surface area contributed by atoms with Gasteiger partial charge in [0, 0.05) is 11.6 Å². The van der Waals surface area contributed by atoms with E-state index < -0.39 is 10.0 Å². The Morgan fingerprint density at radius 2 is 1.73 bits per heavy atom. The van der Waals surface area contributed by atoms with Crippen LogP contribution in [0.25, 0.3) is 0 Å². The van der Waals surface area contributed by atoms with E-state index in [1.165, 1.54) is 11.1 Å². The lowest BCUT2D eigenvalue weighted by molar-refractivity contribution is 0.414. The zero-order valence-electron chi connectivity index (χ0n) is 18.7. The summed E-state index contributed by atoms with van der Waals surface area (Å²) in [6, 6.07) is 15.4. The summed E-state index contributed by atoms with van der Waals surface area (Å²) >= 11 is 0. The van der Waals surface area contributed by atoms with E-state index in [-0.39, 0.29) is 11.6 Å². The molecule has 4 nitrogen and oxygen atoms in total. The van der Waals surface area contributed by atoms with Gasteiger partial charge in [-0.05, 0) is 83.2 Å². The van der Waals surface area contributed by atoms with Crippen LogP contribution in [-0.4, -0.2) is 31.4 Å². The van der Waals surface area contributed by atoms with E-state index in [1.807, 2.05) is 45.0 Å².